The molecular formula is C10H14BrFN2O. The van der Waals surface area contributed by atoms with Crippen LogP contribution in [0.25, 0.3) is 0 Å². The summed E-state index contributed by atoms with van der Waals surface area (Å²) in [4.78, 5) is 5.71. The van der Waals surface area contributed by atoms with E-state index in [1.165, 1.54) is 0 Å². The molecule has 0 saturated carbocycles. The van der Waals surface area contributed by atoms with Crippen LogP contribution in [0, 0.1) is 5.95 Å². The Labute approximate surface area is 97.4 Å². The summed E-state index contributed by atoms with van der Waals surface area (Å²) in [6, 6.07) is 3.23. The highest BCUT2D eigenvalue weighted by Crippen LogP contribution is 2.16. The number of hydrogen-bond donors (Lipinski definition) is 0. The Morgan fingerprint density at radius 2 is 2.20 bits per heavy atom. The van der Waals surface area contributed by atoms with Crippen molar-refractivity contribution >= 4 is 15.9 Å². The Morgan fingerprint density at radius 3 is 2.80 bits per heavy atom. The van der Waals surface area contributed by atoms with E-state index in [1.54, 1.807) is 12.1 Å². The molecule has 0 amide bonds. The summed E-state index contributed by atoms with van der Waals surface area (Å²) in [7, 11) is 4.00. The number of aromatic nitrogens is 1. The van der Waals surface area contributed by atoms with Crippen molar-refractivity contribution < 1.29 is 9.13 Å². The van der Waals surface area contributed by atoms with Crippen LogP contribution in [0.3, 0.4) is 0 Å². The normalized spacial score (nSPS) is 10.7. The van der Waals surface area contributed by atoms with Crippen molar-refractivity contribution in [2.24, 2.45) is 0 Å². The molecule has 0 fully saturated rings. The van der Waals surface area contributed by atoms with Gasteiger partial charge in [-0.1, -0.05) is 0 Å². The lowest BCUT2D eigenvalue weighted by atomic mass is 10.4. The van der Waals surface area contributed by atoms with Gasteiger partial charge in [0.05, 0.1) is 11.1 Å². The topological polar surface area (TPSA) is 25.4 Å². The second kappa shape index (κ2) is 6.02. The van der Waals surface area contributed by atoms with Gasteiger partial charge in [0, 0.05) is 12.6 Å². The average molecular weight is 277 g/mol. The third-order valence-corrected chi connectivity index (χ3v) is 2.37. The largest absolute Gasteiger partial charge is 0.478 e. The zero-order valence-corrected chi connectivity index (χ0v) is 10.4. The van der Waals surface area contributed by atoms with Gasteiger partial charge >= 0.3 is 0 Å². The summed E-state index contributed by atoms with van der Waals surface area (Å²) < 4.78 is 18.6. The first-order chi connectivity index (χ1) is 7.09. The lowest BCUT2D eigenvalue weighted by Crippen LogP contribution is -2.15. The molecule has 0 unspecified atom stereocenters. The predicted octanol–water partition coefficient (Wildman–Crippen LogP) is 2.31. The highest BCUT2D eigenvalue weighted by molar-refractivity contribution is 9.10. The Morgan fingerprint density at radius 1 is 1.47 bits per heavy atom. The maximum absolute atomic E-state index is 13.0. The third kappa shape index (κ3) is 4.57. The Balaban J connectivity index is 2.35. The zero-order valence-electron chi connectivity index (χ0n) is 8.83. The van der Waals surface area contributed by atoms with E-state index in [9.17, 15) is 4.39 Å². The van der Waals surface area contributed by atoms with Gasteiger partial charge in [0.1, 0.15) is 0 Å². The smallest absolute Gasteiger partial charge is 0.230 e. The van der Waals surface area contributed by atoms with Crippen LogP contribution in [0.15, 0.2) is 16.6 Å². The van der Waals surface area contributed by atoms with Gasteiger partial charge in [0.15, 0.2) is 0 Å². The molecule has 0 spiro atoms. The minimum absolute atomic E-state index is 0.328. The van der Waals surface area contributed by atoms with Crippen molar-refractivity contribution in [1.82, 2.24) is 9.88 Å². The summed E-state index contributed by atoms with van der Waals surface area (Å²) in [5.74, 6) is -0.213. The second-order valence-electron chi connectivity index (χ2n) is 3.43. The van der Waals surface area contributed by atoms with Crippen LogP contribution in [0.1, 0.15) is 6.42 Å². The molecule has 1 aromatic rings. The molecule has 0 radical (unpaired) electrons. The van der Waals surface area contributed by atoms with Gasteiger partial charge in [-0.05, 0) is 42.5 Å². The first kappa shape index (κ1) is 12.4. The van der Waals surface area contributed by atoms with Crippen molar-refractivity contribution in [3.8, 4) is 5.88 Å². The maximum atomic E-state index is 13.0. The summed E-state index contributed by atoms with van der Waals surface area (Å²) in [5.41, 5.74) is 0. The van der Waals surface area contributed by atoms with Gasteiger partial charge in [-0.15, -0.1) is 0 Å². The van der Waals surface area contributed by atoms with E-state index in [-0.39, 0.29) is 0 Å². The van der Waals surface area contributed by atoms with Crippen molar-refractivity contribution in [3.05, 3.63) is 22.6 Å². The molecule has 0 aliphatic heterocycles. The van der Waals surface area contributed by atoms with Gasteiger partial charge in [-0.3, -0.25) is 0 Å². The fourth-order valence-electron chi connectivity index (χ4n) is 1.04. The minimum Gasteiger partial charge on any atom is -0.478 e. The van der Waals surface area contributed by atoms with Gasteiger partial charge in [0.2, 0.25) is 11.8 Å². The van der Waals surface area contributed by atoms with Crippen LogP contribution in [0.2, 0.25) is 0 Å². The van der Waals surface area contributed by atoms with E-state index in [0.29, 0.717) is 17.0 Å². The molecule has 0 saturated heterocycles. The van der Waals surface area contributed by atoms with E-state index >= 15 is 0 Å². The Hall–Kier alpha value is -0.680. The van der Waals surface area contributed by atoms with Crippen LogP contribution >= 0.6 is 15.9 Å². The number of rotatable bonds is 5. The highest BCUT2D eigenvalue weighted by Gasteiger charge is 2.02. The molecule has 0 aromatic carbocycles. The first-order valence-corrected chi connectivity index (χ1v) is 5.48. The Kier molecular flexibility index (Phi) is 4.98. The molecule has 3 nitrogen and oxygen atoms in total. The lowest BCUT2D eigenvalue weighted by Gasteiger charge is -2.09. The van der Waals surface area contributed by atoms with Crippen molar-refractivity contribution in [2.45, 2.75) is 6.42 Å². The molecule has 0 atom stereocenters. The number of nitrogens with zero attached hydrogens (tertiary/aromatic N) is 2. The molecule has 0 aliphatic rings. The third-order valence-electron chi connectivity index (χ3n) is 1.78. The lowest BCUT2D eigenvalue weighted by molar-refractivity contribution is 0.270. The van der Waals surface area contributed by atoms with E-state index in [1.807, 2.05) is 14.1 Å². The van der Waals surface area contributed by atoms with Crippen LogP contribution in [0.4, 0.5) is 4.39 Å². The van der Waals surface area contributed by atoms with Gasteiger partial charge in [-0.25, -0.2) is 0 Å². The van der Waals surface area contributed by atoms with Gasteiger partial charge in [-0.2, -0.15) is 9.37 Å². The molecule has 0 N–H and O–H groups in total. The standard InChI is InChI=1S/C10H14BrFN2O/c1-14(2)6-3-7-15-9-5-4-8(11)10(12)13-9/h4-5H,3,6-7H2,1-2H3. The van der Waals surface area contributed by atoms with E-state index in [2.05, 4.69) is 25.8 Å². The molecule has 1 rings (SSSR count). The molecule has 1 aromatic heterocycles. The van der Waals surface area contributed by atoms with Crippen molar-refractivity contribution in [1.29, 1.82) is 0 Å². The van der Waals surface area contributed by atoms with Gasteiger partial charge in [0.25, 0.3) is 0 Å². The zero-order chi connectivity index (χ0) is 11.3. The molecule has 1 heterocycles. The van der Waals surface area contributed by atoms with Crippen molar-refractivity contribution in [3.63, 3.8) is 0 Å². The summed E-state index contributed by atoms with van der Waals surface area (Å²) in [6.45, 7) is 1.49. The highest BCUT2D eigenvalue weighted by atomic mass is 79.9. The van der Waals surface area contributed by atoms with E-state index in [4.69, 9.17) is 4.74 Å². The molecule has 0 aliphatic carbocycles. The summed E-state index contributed by atoms with van der Waals surface area (Å²) in [6.07, 6.45) is 0.895. The van der Waals surface area contributed by atoms with E-state index in [0.717, 1.165) is 13.0 Å². The molecular weight excluding hydrogens is 263 g/mol. The molecule has 84 valence electrons. The molecule has 0 bridgehead atoms. The number of hydrogen-bond acceptors (Lipinski definition) is 3. The predicted molar refractivity (Wildman–Crippen MR) is 60.6 cm³/mol. The maximum Gasteiger partial charge on any atom is 0.230 e. The average Bonchev–Trinajstić information content (AvgIpc) is 2.18. The van der Waals surface area contributed by atoms with Gasteiger partial charge < -0.3 is 9.64 Å². The molecule has 15 heavy (non-hydrogen) atoms. The summed E-state index contributed by atoms with van der Waals surface area (Å²) in [5, 5.41) is 0. The fraction of sp³-hybridized carbons (Fsp3) is 0.500. The fourth-order valence-corrected chi connectivity index (χ4v) is 1.26. The summed E-state index contributed by atoms with van der Waals surface area (Å²) >= 11 is 3.03. The number of halogens is 2. The minimum atomic E-state index is -0.542. The van der Waals surface area contributed by atoms with Crippen LogP contribution in [-0.4, -0.2) is 37.1 Å². The second-order valence-corrected chi connectivity index (χ2v) is 4.28. The quantitative estimate of drug-likeness (QED) is 0.610. The van der Waals surface area contributed by atoms with Crippen LogP contribution < -0.4 is 4.74 Å². The first-order valence-electron chi connectivity index (χ1n) is 4.69. The number of pyridine rings is 1. The number of ether oxygens (including phenoxy) is 1. The molecule has 5 heteroatoms. The van der Waals surface area contributed by atoms with Crippen LogP contribution in [-0.2, 0) is 0 Å². The van der Waals surface area contributed by atoms with Crippen LogP contribution in [0.5, 0.6) is 5.88 Å². The SMILES string of the molecule is CN(C)CCCOc1ccc(Br)c(F)n1. The van der Waals surface area contributed by atoms with E-state index < -0.39 is 5.95 Å². The van der Waals surface area contributed by atoms with Crippen molar-refractivity contribution in [2.75, 3.05) is 27.2 Å². The monoisotopic (exact) mass is 276 g/mol. The Bertz CT molecular complexity index is 320.